The maximum absolute atomic E-state index is 12.7. The molecule has 3 aromatic heterocycles. The highest BCUT2D eigenvalue weighted by Gasteiger charge is 2.26. The number of aromatic nitrogens is 9. The second-order valence-corrected chi connectivity index (χ2v) is 29.9. The van der Waals surface area contributed by atoms with Crippen LogP contribution < -0.4 is 23.7 Å². The molecule has 14 rings (SSSR count). The molecule has 4 N–H and O–H groups in total. The summed E-state index contributed by atoms with van der Waals surface area (Å²) in [7, 11) is 0. The summed E-state index contributed by atoms with van der Waals surface area (Å²) < 4.78 is 34.1. The number of carbonyl (C=O) groups is 1. The van der Waals surface area contributed by atoms with Crippen molar-refractivity contribution in [1.82, 2.24) is 44.9 Å². The summed E-state index contributed by atoms with van der Waals surface area (Å²) in [6.07, 6.45) is -0.878. The van der Waals surface area contributed by atoms with Gasteiger partial charge in [-0.05, 0) is 188 Å². The Bertz CT molecular complexity index is 5800. The number of aliphatic hydroxyl groups excluding tert-OH is 1. The quantitative estimate of drug-likeness (QED) is 0.0249. The van der Waals surface area contributed by atoms with Crippen LogP contribution in [0.3, 0.4) is 0 Å². The van der Waals surface area contributed by atoms with Crippen molar-refractivity contribution in [2.24, 2.45) is 0 Å². The van der Waals surface area contributed by atoms with Crippen LogP contribution >= 0.6 is 0 Å². The molecule has 14 aromatic rings. The highest BCUT2D eigenvalue weighted by molar-refractivity contribution is 5.77. The molecule has 0 spiro atoms. The van der Waals surface area contributed by atoms with Gasteiger partial charge in [-0.25, -0.2) is 49.7 Å². The normalized spacial score (nSPS) is 11.2. The summed E-state index contributed by atoms with van der Waals surface area (Å²) in [4.78, 5) is 56.1. The zero-order valence-corrected chi connectivity index (χ0v) is 68.1. The minimum absolute atomic E-state index is 0.00482. The molecule has 0 amide bonds. The van der Waals surface area contributed by atoms with Crippen molar-refractivity contribution in [3.05, 3.63) is 290 Å². The molecule has 0 fully saturated rings. The van der Waals surface area contributed by atoms with E-state index in [2.05, 4.69) is 77.9 Å². The number of carbonyl (C=O) groups excluding carboxylic acids is 1. The van der Waals surface area contributed by atoms with Gasteiger partial charge in [0, 0.05) is 57.0 Å². The number of aliphatic hydroxyl groups is 1. The first-order chi connectivity index (χ1) is 56.2. The van der Waals surface area contributed by atoms with E-state index in [1.165, 1.54) is 12.1 Å². The molecule has 0 saturated carbocycles. The molecule has 0 saturated heterocycles. The predicted octanol–water partition coefficient (Wildman–Crippen LogP) is 20.5. The van der Waals surface area contributed by atoms with E-state index in [0.29, 0.717) is 97.9 Å². The summed E-state index contributed by atoms with van der Waals surface area (Å²) in [6.45, 7) is 29.2. The summed E-state index contributed by atoms with van der Waals surface area (Å²) in [5, 5.41) is 42.3. The van der Waals surface area contributed by atoms with Gasteiger partial charge in [-0.15, -0.1) is 0 Å². The van der Waals surface area contributed by atoms with Crippen LogP contribution in [0.15, 0.2) is 212 Å². The van der Waals surface area contributed by atoms with Gasteiger partial charge in [0.25, 0.3) is 0 Å². The SMILES string of the molecule is Cc1ccc(-c2nc(-c3ccc(C)cc3C)nc(-c3ccc(OCCO)cc3O)n2)c(C)c1.Cc1ccc(-c2nc(-c3ccc(C)cc3C)nc(-c3ccc(OCCOC(=O)Oc4ccc(C(C)(C)c5ccc(OCCOc6ccc(-c7nc(-c8ccc(C)cc8C)nc(-c8ccc(C)cc8C)n7)c(O)c6)cc5)cc4)cc3O)n2)c(C)c1. The number of hydrogen-bond acceptors (Lipinski definition) is 20. The standard InChI is InChI=1S/C70H66N6O8.C27H27N3O3/c1-41-11-25-55(45(5)35-41)63-71-64(56-26-12-42(2)36-46(56)6)74-67(73-63)59-29-23-53(39-61(59)77)81-32-31-80-51-19-15-49(16-20-51)70(9,10)50-17-21-52(22-18-50)84-69(79)83-34-33-82-54-24-30-60(62(78)40-54)68-75-65(57-27-13-43(3)37-47(57)7)72-66(76-68)58-28-14-44(4)38-48(58)8;1-16-5-8-21(18(3)13-16)25-28-26(22-9-6-17(2)14-19(22)4)30-27(29-25)23-10-7-20(15-24(23)32)33-12-11-31/h11-30,35-40,77-78H,31-34H2,1-10H3;5-10,13-15,31-32H,11-12H2,1-4H3. The Balaban J connectivity index is 0.000000299. The number of aryl methyl sites for hydroxylation is 12. The Morgan fingerprint density at radius 2 is 0.496 bits per heavy atom. The zero-order valence-electron chi connectivity index (χ0n) is 68.1. The van der Waals surface area contributed by atoms with E-state index < -0.39 is 11.6 Å². The topological polar surface area (TPSA) is 269 Å². The van der Waals surface area contributed by atoms with Crippen molar-refractivity contribution >= 4 is 6.16 Å². The molecule has 0 unspecified atom stereocenters. The van der Waals surface area contributed by atoms with E-state index in [1.54, 1.807) is 54.6 Å². The highest BCUT2D eigenvalue weighted by atomic mass is 16.7. The van der Waals surface area contributed by atoms with Gasteiger partial charge < -0.3 is 48.8 Å². The smallest absolute Gasteiger partial charge is 0.507 e. The lowest BCUT2D eigenvalue weighted by molar-refractivity contribution is 0.0847. The Labute approximate surface area is 681 Å². The molecule has 0 atom stereocenters. The van der Waals surface area contributed by atoms with Gasteiger partial charge in [0.1, 0.15) is 79.0 Å². The molecule has 117 heavy (non-hydrogen) atoms. The number of phenols is 3. The number of phenolic OH excluding ortho intramolecular Hbond substituents is 3. The first kappa shape index (κ1) is 81.3. The van der Waals surface area contributed by atoms with Gasteiger partial charge in [0.15, 0.2) is 52.4 Å². The van der Waals surface area contributed by atoms with Gasteiger partial charge >= 0.3 is 6.16 Å². The molecule has 11 aromatic carbocycles. The fraction of sp³-hybridized carbons (Fsp3) is 0.216. The van der Waals surface area contributed by atoms with Crippen LogP contribution in [0.25, 0.3) is 102 Å². The first-order valence-electron chi connectivity index (χ1n) is 38.6. The Morgan fingerprint density at radius 3 is 0.752 bits per heavy atom. The lowest BCUT2D eigenvalue weighted by Crippen LogP contribution is -2.19. The number of hydrogen-bond donors (Lipinski definition) is 4. The first-order valence-corrected chi connectivity index (χ1v) is 38.6. The molecule has 0 aliphatic rings. The van der Waals surface area contributed by atoms with E-state index in [0.717, 1.165) is 111 Å². The van der Waals surface area contributed by atoms with Crippen molar-refractivity contribution in [3.63, 3.8) is 0 Å². The number of benzene rings is 11. The molecule has 3 heterocycles. The fourth-order valence-corrected chi connectivity index (χ4v) is 13.9. The second-order valence-electron chi connectivity index (χ2n) is 29.9. The molecule has 0 aliphatic heterocycles. The van der Waals surface area contributed by atoms with E-state index in [-0.39, 0.29) is 56.9 Å². The third-order valence-electron chi connectivity index (χ3n) is 20.2. The average molecular weight is 1560 g/mol. The Kier molecular flexibility index (Phi) is 24.9. The van der Waals surface area contributed by atoms with Crippen LogP contribution in [-0.4, -0.2) is 111 Å². The van der Waals surface area contributed by atoms with Crippen LogP contribution in [0.1, 0.15) is 91.7 Å². The fourth-order valence-electron chi connectivity index (χ4n) is 13.9. The third-order valence-corrected chi connectivity index (χ3v) is 20.2. The summed E-state index contributed by atoms with van der Waals surface area (Å²) in [5.41, 5.74) is 21.5. The van der Waals surface area contributed by atoms with Crippen molar-refractivity contribution in [2.45, 2.75) is 102 Å². The number of ether oxygens (including phenoxy) is 6. The molecular weight excluding hydrogens is 1470 g/mol. The van der Waals surface area contributed by atoms with Crippen molar-refractivity contribution in [2.75, 3.05) is 39.6 Å². The highest BCUT2D eigenvalue weighted by Crippen LogP contribution is 2.40. The molecular formula is C97H93N9O11. The predicted molar refractivity (Wildman–Crippen MR) is 456 cm³/mol. The molecule has 592 valence electrons. The average Bonchev–Trinajstić information content (AvgIpc) is 0.794. The third kappa shape index (κ3) is 19.6. The van der Waals surface area contributed by atoms with E-state index >= 15 is 0 Å². The van der Waals surface area contributed by atoms with Crippen molar-refractivity contribution in [3.8, 4) is 148 Å². The zero-order chi connectivity index (χ0) is 82.8. The summed E-state index contributed by atoms with van der Waals surface area (Å²) in [6, 6.07) is 66.9. The van der Waals surface area contributed by atoms with Crippen LogP contribution in [0, 0.1) is 83.1 Å². The Hall–Kier alpha value is -13.7. The van der Waals surface area contributed by atoms with Crippen LogP contribution in [0.2, 0.25) is 0 Å². The number of nitrogens with zero attached hydrogens (tertiary/aromatic N) is 9. The van der Waals surface area contributed by atoms with Gasteiger partial charge in [-0.2, -0.15) is 0 Å². The van der Waals surface area contributed by atoms with Gasteiger partial charge in [0.2, 0.25) is 0 Å². The number of rotatable bonds is 24. The summed E-state index contributed by atoms with van der Waals surface area (Å²) in [5.74, 6) is 6.38. The molecule has 0 radical (unpaired) electrons. The second kappa shape index (κ2) is 35.8. The van der Waals surface area contributed by atoms with E-state index in [9.17, 15) is 20.1 Å². The van der Waals surface area contributed by atoms with Crippen LogP contribution in [0.5, 0.6) is 46.0 Å². The van der Waals surface area contributed by atoms with Crippen LogP contribution in [-0.2, 0) is 10.2 Å². The van der Waals surface area contributed by atoms with Gasteiger partial charge in [-0.1, -0.05) is 181 Å². The molecule has 0 bridgehead atoms. The maximum atomic E-state index is 12.7. The minimum atomic E-state index is -0.878. The lowest BCUT2D eigenvalue weighted by Gasteiger charge is -2.26. The largest absolute Gasteiger partial charge is 0.513 e. The minimum Gasteiger partial charge on any atom is -0.507 e. The van der Waals surface area contributed by atoms with Crippen LogP contribution in [0.4, 0.5) is 4.79 Å². The van der Waals surface area contributed by atoms with E-state index in [1.807, 2.05) is 165 Å². The van der Waals surface area contributed by atoms with E-state index in [4.69, 9.17) is 78.4 Å². The molecule has 20 nitrogen and oxygen atoms in total. The molecule has 20 heteroatoms. The molecule has 0 aliphatic carbocycles. The lowest BCUT2D eigenvalue weighted by atomic mass is 9.78. The Morgan fingerprint density at radius 1 is 0.274 bits per heavy atom. The van der Waals surface area contributed by atoms with Gasteiger partial charge in [-0.3, -0.25) is 0 Å². The van der Waals surface area contributed by atoms with Crippen molar-refractivity contribution < 1.29 is 53.6 Å². The van der Waals surface area contributed by atoms with Crippen molar-refractivity contribution in [1.29, 1.82) is 0 Å². The maximum Gasteiger partial charge on any atom is 0.513 e. The monoisotopic (exact) mass is 1560 g/mol. The summed E-state index contributed by atoms with van der Waals surface area (Å²) >= 11 is 0. The number of aromatic hydroxyl groups is 3. The van der Waals surface area contributed by atoms with Gasteiger partial charge in [0.05, 0.1) is 23.3 Å².